The summed E-state index contributed by atoms with van der Waals surface area (Å²) < 4.78 is 3.00. The van der Waals surface area contributed by atoms with Crippen molar-refractivity contribution in [3.8, 4) is 11.4 Å². The molecule has 0 fully saturated rings. The summed E-state index contributed by atoms with van der Waals surface area (Å²) in [6, 6.07) is 15.9. The third-order valence-electron chi connectivity index (χ3n) is 2.93. The lowest BCUT2D eigenvalue weighted by atomic mass is 10.2. The molecule has 0 bridgehead atoms. The van der Waals surface area contributed by atoms with E-state index in [0.29, 0.717) is 6.54 Å². The summed E-state index contributed by atoms with van der Waals surface area (Å²) in [5.41, 5.74) is 2.05. The molecule has 1 heterocycles. The van der Waals surface area contributed by atoms with Gasteiger partial charge in [0.15, 0.2) is 5.82 Å². The molecule has 0 aliphatic rings. The minimum atomic E-state index is 0.622. The van der Waals surface area contributed by atoms with Gasteiger partial charge < -0.3 is 0 Å². The molecule has 0 amide bonds. The van der Waals surface area contributed by atoms with Crippen molar-refractivity contribution >= 4 is 34.2 Å². The molecule has 1 aromatic heterocycles. The number of nitrogens with zero attached hydrogens (tertiary/aromatic N) is 3. The van der Waals surface area contributed by atoms with E-state index in [4.69, 9.17) is 11.6 Å². The van der Waals surface area contributed by atoms with E-state index in [1.807, 2.05) is 48.5 Å². The van der Waals surface area contributed by atoms with E-state index in [2.05, 4.69) is 32.7 Å². The van der Waals surface area contributed by atoms with Gasteiger partial charge in [-0.25, -0.2) is 9.67 Å². The molecule has 3 nitrogen and oxygen atoms in total. The quantitative estimate of drug-likeness (QED) is 0.621. The van der Waals surface area contributed by atoms with E-state index in [-0.39, 0.29) is 0 Å². The topological polar surface area (TPSA) is 30.7 Å². The average molecular weight is 396 g/mol. The summed E-state index contributed by atoms with van der Waals surface area (Å²) in [7, 11) is 0. The van der Waals surface area contributed by atoms with Crippen molar-refractivity contribution in [2.24, 2.45) is 0 Å². The molecule has 0 saturated heterocycles. The maximum absolute atomic E-state index is 6.15. The molecule has 0 radical (unpaired) electrons. The summed E-state index contributed by atoms with van der Waals surface area (Å²) in [4.78, 5) is 4.35. The Morgan fingerprint density at radius 3 is 2.55 bits per heavy atom. The van der Waals surface area contributed by atoms with E-state index in [1.54, 1.807) is 11.0 Å². The van der Waals surface area contributed by atoms with Crippen LogP contribution in [0.3, 0.4) is 0 Å². The Balaban J connectivity index is 1.84. The van der Waals surface area contributed by atoms with Crippen molar-refractivity contribution < 1.29 is 0 Å². The van der Waals surface area contributed by atoms with Crippen molar-refractivity contribution in [1.82, 2.24) is 14.8 Å². The Morgan fingerprint density at radius 2 is 1.80 bits per heavy atom. The van der Waals surface area contributed by atoms with Crippen molar-refractivity contribution in [2.45, 2.75) is 6.54 Å². The standard InChI is InChI=1S/C15H11ClIN3/c16-14-4-2-1-3-12(14)9-20-10-18-15(19-20)11-5-7-13(17)8-6-11/h1-8,10H,9H2. The Kier molecular flexibility index (Phi) is 4.03. The molecule has 0 N–H and O–H groups in total. The third kappa shape index (κ3) is 3.02. The second-order valence-electron chi connectivity index (χ2n) is 4.36. The molecule has 100 valence electrons. The van der Waals surface area contributed by atoms with Gasteiger partial charge >= 0.3 is 0 Å². The van der Waals surface area contributed by atoms with E-state index in [9.17, 15) is 0 Å². The number of rotatable bonds is 3. The fourth-order valence-electron chi connectivity index (χ4n) is 1.90. The highest BCUT2D eigenvalue weighted by atomic mass is 127. The maximum Gasteiger partial charge on any atom is 0.181 e. The van der Waals surface area contributed by atoms with Crippen LogP contribution in [0.25, 0.3) is 11.4 Å². The van der Waals surface area contributed by atoms with Crippen LogP contribution in [0.4, 0.5) is 0 Å². The second-order valence-corrected chi connectivity index (χ2v) is 6.02. The molecular formula is C15H11ClIN3. The third-order valence-corrected chi connectivity index (χ3v) is 4.02. The molecule has 0 aliphatic heterocycles. The van der Waals surface area contributed by atoms with E-state index in [1.165, 1.54) is 3.57 Å². The highest BCUT2D eigenvalue weighted by molar-refractivity contribution is 14.1. The smallest absolute Gasteiger partial charge is 0.181 e. The molecule has 0 unspecified atom stereocenters. The molecule has 2 aromatic carbocycles. The van der Waals surface area contributed by atoms with Gasteiger partial charge in [0.25, 0.3) is 0 Å². The monoisotopic (exact) mass is 395 g/mol. The number of halogens is 2. The first-order chi connectivity index (χ1) is 9.72. The van der Waals surface area contributed by atoms with Gasteiger partial charge in [0.2, 0.25) is 0 Å². The molecule has 5 heteroatoms. The van der Waals surface area contributed by atoms with Gasteiger partial charge in [-0.2, -0.15) is 5.10 Å². The summed E-state index contributed by atoms with van der Waals surface area (Å²) in [6.45, 7) is 0.622. The summed E-state index contributed by atoms with van der Waals surface area (Å²) in [6.07, 6.45) is 1.73. The van der Waals surface area contributed by atoms with E-state index >= 15 is 0 Å². The number of aromatic nitrogens is 3. The van der Waals surface area contributed by atoms with Crippen molar-refractivity contribution in [3.63, 3.8) is 0 Å². The Labute approximate surface area is 135 Å². The van der Waals surface area contributed by atoms with E-state index in [0.717, 1.165) is 22.0 Å². The van der Waals surface area contributed by atoms with Gasteiger partial charge in [0.1, 0.15) is 6.33 Å². The summed E-state index contributed by atoms with van der Waals surface area (Å²) in [5.74, 6) is 0.730. The van der Waals surface area contributed by atoms with Crippen molar-refractivity contribution in [1.29, 1.82) is 0 Å². The van der Waals surface area contributed by atoms with E-state index < -0.39 is 0 Å². The van der Waals surface area contributed by atoms with Gasteiger partial charge in [-0.1, -0.05) is 41.9 Å². The lowest BCUT2D eigenvalue weighted by Crippen LogP contribution is -2.00. The zero-order valence-corrected chi connectivity index (χ0v) is 13.4. The SMILES string of the molecule is Clc1ccccc1Cn1cnc(-c2ccc(I)cc2)n1. The number of hydrogen-bond acceptors (Lipinski definition) is 2. The zero-order chi connectivity index (χ0) is 13.9. The molecule has 3 rings (SSSR count). The maximum atomic E-state index is 6.15. The van der Waals surface area contributed by atoms with Crippen molar-refractivity contribution in [3.05, 3.63) is 69.0 Å². The van der Waals surface area contributed by atoms with Gasteiger partial charge in [-0.15, -0.1) is 0 Å². The van der Waals surface area contributed by atoms with Crippen LogP contribution in [-0.4, -0.2) is 14.8 Å². The van der Waals surface area contributed by atoms with Crippen LogP contribution in [0.2, 0.25) is 5.02 Å². The van der Waals surface area contributed by atoms with Crippen LogP contribution in [0.15, 0.2) is 54.9 Å². The molecule has 0 spiro atoms. The Hall–Kier alpha value is -1.40. The minimum absolute atomic E-state index is 0.622. The lowest BCUT2D eigenvalue weighted by molar-refractivity contribution is 0.687. The average Bonchev–Trinajstić information content (AvgIpc) is 2.91. The fraction of sp³-hybridized carbons (Fsp3) is 0.0667. The minimum Gasteiger partial charge on any atom is -0.248 e. The highest BCUT2D eigenvalue weighted by Crippen LogP contribution is 2.18. The van der Waals surface area contributed by atoms with Gasteiger partial charge in [0, 0.05) is 14.2 Å². The highest BCUT2D eigenvalue weighted by Gasteiger charge is 2.06. The first-order valence-electron chi connectivity index (χ1n) is 6.11. The molecule has 0 atom stereocenters. The first-order valence-corrected chi connectivity index (χ1v) is 7.57. The van der Waals surface area contributed by atoms with Gasteiger partial charge in [0.05, 0.1) is 6.54 Å². The number of hydrogen-bond donors (Lipinski definition) is 0. The second kappa shape index (κ2) is 5.93. The lowest BCUT2D eigenvalue weighted by Gasteiger charge is -2.03. The van der Waals surface area contributed by atoms with Crippen molar-refractivity contribution in [2.75, 3.05) is 0 Å². The molecule has 3 aromatic rings. The molecule has 20 heavy (non-hydrogen) atoms. The normalized spacial score (nSPS) is 10.7. The van der Waals surface area contributed by atoms with Crippen LogP contribution < -0.4 is 0 Å². The van der Waals surface area contributed by atoms with Crippen LogP contribution >= 0.6 is 34.2 Å². The summed E-state index contributed by atoms with van der Waals surface area (Å²) in [5, 5.41) is 5.24. The molecule has 0 aliphatic carbocycles. The van der Waals surface area contributed by atoms with Crippen LogP contribution in [0.5, 0.6) is 0 Å². The molecule has 0 saturated carbocycles. The Morgan fingerprint density at radius 1 is 1.05 bits per heavy atom. The molecular weight excluding hydrogens is 385 g/mol. The fourth-order valence-corrected chi connectivity index (χ4v) is 2.46. The van der Waals surface area contributed by atoms with Crippen LogP contribution in [0, 0.1) is 3.57 Å². The predicted octanol–water partition coefficient (Wildman–Crippen LogP) is 4.25. The zero-order valence-electron chi connectivity index (χ0n) is 10.5. The predicted molar refractivity (Wildman–Crippen MR) is 88.7 cm³/mol. The Bertz CT molecular complexity index is 722. The first kappa shape index (κ1) is 13.6. The number of benzene rings is 2. The van der Waals surface area contributed by atoms with Crippen LogP contribution in [-0.2, 0) is 6.54 Å². The van der Waals surface area contributed by atoms with Gasteiger partial charge in [-0.3, -0.25) is 0 Å². The largest absolute Gasteiger partial charge is 0.248 e. The summed E-state index contributed by atoms with van der Waals surface area (Å²) >= 11 is 8.43. The van der Waals surface area contributed by atoms with Crippen LogP contribution in [0.1, 0.15) is 5.56 Å². The van der Waals surface area contributed by atoms with Gasteiger partial charge in [-0.05, 0) is 46.4 Å².